The van der Waals surface area contributed by atoms with Crippen LogP contribution in [0.1, 0.15) is 73.4 Å². The van der Waals surface area contributed by atoms with Crippen LogP contribution in [-0.4, -0.2) is 17.9 Å². The zero-order valence-corrected chi connectivity index (χ0v) is 14.8. The van der Waals surface area contributed by atoms with Crippen LogP contribution >= 0.6 is 0 Å². The predicted octanol–water partition coefficient (Wildman–Crippen LogP) is 4.42. The summed E-state index contributed by atoms with van der Waals surface area (Å²) in [5.74, 6) is 1.51. The van der Waals surface area contributed by atoms with Gasteiger partial charge in [-0.2, -0.15) is 0 Å². The SMILES string of the molecule is CC(=O)OC1CCC2C3CC(=O)c4cc(C)ccc4C3CCC12C. The van der Waals surface area contributed by atoms with Gasteiger partial charge in [0, 0.05) is 24.3 Å². The van der Waals surface area contributed by atoms with Crippen LogP contribution in [0.3, 0.4) is 0 Å². The average molecular weight is 326 g/mol. The Bertz CT molecular complexity index is 707. The van der Waals surface area contributed by atoms with Crippen LogP contribution in [-0.2, 0) is 9.53 Å². The molecule has 3 nitrogen and oxygen atoms in total. The Morgan fingerprint density at radius 2 is 2.04 bits per heavy atom. The third-order valence-electron chi connectivity index (χ3n) is 6.99. The summed E-state index contributed by atoms with van der Waals surface area (Å²) in [7, 11) is 0. The molecule has 0 N–H and O–H groups in total. The summed E-state index contributed by atoms with van der Waals surface area (Å²) in [5, 5.41) is 0. The van der Waals surface area contributed by atoms with Crippen LogP contribution in [0.15, 0.2) is 18.2 Å². The molecule has 0 aliphatic heterocycles. The van der Waals surface area contributed by atoms with E-state index in [1.54, 1.807) is 0 Å². The smallest absolute Gasteiger partial charge is 0.302 e. The van der Waals surface area contributed by atoms with E-state index in [0.29, 0.717) is 30.0 Å². The first kappa shape index (κ1) is 15.9. The molecule has 24 heavy (non-hydrogen) atoms. The summed E-state index contributed by atoms with van der Waals surface area (Å²) in [5.41, 5.74) is 3.42. The minimum atomic E-state index is -0.176. The van der Waals surface area contributed by atoms with Crippen molar-refractivity contribution in [3.8, 4) is 0 Å². The summed E-state index contributed by atoms with van der Waals surface area (Å²) < 4.78 is 5.65. The molecule has 0 aromatic heterocycles. The highest BCUT2D eigenvalue weighted by Gasteiger charge is 2.56. The van der Waals surface area contributed by atoms with Crippen molar-refractivity contribution < 1.29 is 14.3 Å². The van der Waals surface area contributed by atoms with Gasteiger partial charge in [-0.05, 0) is 62.0 Å². The van der Waals surface area contributed by atoms with E-state index in [1.165, 1.54) is 12.5 Å². The quantitative estimate of drug-likeness (QED) is 0.717. The van der Waals surface area contributed by atoms with E-state index in [0.717, 1.165) is 36.8 Å². The van der Waals surface area contributed by atoms with Gasteiger partial charge in [0.1, 0.15) is 6.10 Å². The van der Waals surface area contributed by atoms with Crippen molar-refractivity contribution in [2.45, 2.75) is 64.9 Å². The summed E-state index contributed by atoms with van der Waals surface area (Å²) in [6, 6.07) is 6.39. The van der Waals surface area contributed by atoms with Gasteiger partial charge >= 0.3 is 5.97 Å². The van der Waals surface area contributed by atoms with Gasteiger partial charge in [-0.25, -0.2) is 0 Å². The van der Waals surface area contributed by atoms with Gasteiger partial charge in [-0.15, -0.1) is 0 Å². The lowest BCUT2D eigenvalue weighted by atomic mass is 9.55. The number of ether oxygens (including phenoxy) is 1. The van der Waals surface area contributed by atoms with Crippen LogP contribution in [0.5, 0.6) is 0 Å². The monoisotopic (exact) mass is 326 g/mol. The predicted molar refractivity (Wildman–Crippen MR) is 92.0 cm³/mol. The largest absolute Gasteiger partial charge is 0.462 e. The minimum Gasteiger partial charge on any atom is -0.462 e. The van der Waals surface area contributed by atoms with Crippen LogP contribution in [0.2, 0.25) is 0 Å². The molecule has 1 aromatic carbocycles. The van der Waals surface area contributed by atoms with Crippen molar-refractivity contribution in [3.63, 3.8) is 0 Å². The van der Waals surface area contributed by atoms with E-state index in [2.05, 4.69) is 32.0 Å². The Hall–Kier alpha value is -1.64. The van der Waals surface area contributed by atoms with Gasteiger partial charge in [0.25, 0.3) is 0 Å². The summed E-state index contributed by atoms with van der Waals surface area (Å²) in [6.45, 7) is 5.84. The first-order chi connectivity index (χ1) is 11.4. The molecule has 5 unspecified atom stereocenters. The number of rotatable bonds is 1. The molecule has 1 aromatic rings. The summed E-state index contributed by atoms with van der Waals surface area (Å²) in [4.78, 5) is 24.2. The van der Waals surface area contributed by atoms with Gasteiger partial charge in [0.05, 0.1) is 0 Å². The number of Topliss-reactive ketones (excluding diaryl/α,β-unsaturated/α-hetero) is 1. The molecule has 2 saturated carbocycles. The van der Waals surface area contributed by atoms with Crippen molar-refractivity contribution in [2.24, 2.45) is 17.3 Å². The first-order valence-corrected chi connectivity index (χ1v) is 9.21. The zero-order valence-electron chi connectivity index (χ0n) is 14.8. The Morgan fingerprint density at radius 1 is 1.25 bits per heavy atom. The average Bonchev–Trinajstić information content (AvgIpc) is 2.84. The Labute approximate surface area is 143 Å². The minimum absolute atomic E-state index is 0.0236. The van der Waals surface area contributed by atoms with Crippen LogP contribution < -0.4 is 0 Å². The molecule has 128 valence electrons. The fourth-order valence-electron chi connectivity index (χ4n) is 5.86. The first-order valence-electron chi connectivity index (χ1n) is 9.21. The number of benzene rings is 1. The number of esters is 1. The number of aryl methyl sites for hydroxylation is 1. The molecule has 0 spiro atoms. The molecule has 0 saturated heterocycles. The lowest BCUT2D eigenvalue weighted by molar-refractivity contribution is -0.154. The molecule has 0 radical (unpaired) electrons. The number of ketones is 1. The van der Waals surface area contributed by atoms with E-state index in [-0.39, 0.29) is 17.5 Å². The number of hydrogen-bond acceptors (Lipinski definition) is 3. The van der Waals surface area contributed by atoms with Crippen LogP contribution in [0, 0.1) is 24.2 Å². The zero-order chi connectivity index (χ0) is 17.1. The van der Waals surface area contributed by atoms with E-state index < -0.39 is 0 Å². The summed E-state index contributed by atoms with van der Waals surface area (Å²) in [6.07, 6.45) is 4.88. The highest BCUT2D eigenvalue weighted by Crippen LogP contribution is 2.61. The number of hydrogen-bond donors (Lipinski definition) is 0. The lowest BCUT2D eigenvalue weighted by Crippen LogP contribution is -2.45. The van der Waals surface area contributed by atoms with E-state index in [4.69, 9.17) is 4.74 Å². The molecule has 0 bridgehead atoms. The molecule has 2 fully saturated rings. The Balaban J connectivity index is 1.68. The molecule has 4 rings (SSSR count). The highest BCUT2D eigenvalue weighted by atomic mass is 16.5. The lowest BCUT2D eigenvalue weighted by Gasteiger charge is -2.50. The van der Waals surface area contributed by atoms with Gasteiger partial charge in [0.2, 0.25) is 0 Å². The standard InChI is InChI=1S/C21H26O3/c1-12-4-5-14-15-8-9-21(3)18(6-7-20(21)24-13(2)22)16(15)11-19(23)17(14)10-12/h4-5,10,15-16,18,20H,6-9,11H2,1-3H3. The van der Waals surface area contributed by atoms with Crippen molar-refractivity contribution in [1.82, 2.24) is 0 Å². The molecular formula is C21H26O3. The maximum Gasteiger partial charge on any atom is 0.302 e. The fourth-order valence-corrected chi connectivity index (χ4v) is 5.86. The van der Waals surface area contributed by atoms with Crippen molar-refractivity contribution in [3.05, 3.63) is 34.9 Å². The second kappa shape index (κ2) is 5.44. The van der Waals surface area contributed by atoms with E-state index in [1.807, 2.05) is 0 Å². The van der Waals surface area contributed by atoms with Gasteiger partial charge in [0.15, 0.2) is 5.78 Å². The third-order valence-corrected chi connectivity index (χ3v) is 6.99. The molecule has 3 heteroatoms. The molecule has 3 aliphatic carbocycles. The molecule has 5 atom stereocenters. The van der Waals surface area contributed by atoms with E-state index in [9.17, 15) is 9.59 Å². The highest BCUT2D eigenvalue weighted by molar-refractivity contribution is 5.99. The maximum atomic E-state index is 12.8. The normalized spacial score (nSPS) is 37.4. The van der Waals surface area contributed by atoms with Gasteiger partial charge < -0.3 is 4.74 Å². The van der Waals surface area contributed by atoms with Crippen LogP contribution in [0.25, 0.3) is 0 Å². The Morgan fingerprint density at radius 3 is 2.79 bits per heavy atom. The van der Waals surface area contributed by atoms with Crippen molar-refractivity contribution >= 4 is 11.8 Å². The topological polar surface area (TPSA) is 43.4 Å². The maximum absolute atomic E-state index is 12.8. The van der Waals surface area contributed by atoms with Crippen LogP contribution in [0.4, 0.5) is 0 Å². The van der Waals surface area contributed by atoms with Gasteiger partial charge in [-0.3, -0.25) is 9.59 Å². The number of carbonyl (C=O) groups is 2. The van der Waals surface area contributed by atoms with Gasteiger partial charge in [-0.1, -0.05) is 24.6 Å². The second-order valence-electron chi connectivity index (χ2n) is 8.31. The number of carbonyl (C=O) groups excluding carboxylic acids is 2. The molecular weight excluding hydrogens is 300 g/mol. The van der Waals surface area contributed by atoms with Crippen molar-refractivity contribution in [2.75, 3.05) is 0 Å². The second-order valence-corrected chi connectivity index (χ2v) is 8.31. The molecule has 0 heterocycles. The molecule has 3 aliphatic rings. The number of fused-ring (bicyclic) bond motifs is 5. The van der Waals surface area contributed by atoms with E-state index >= 15 is 0 Å². The Kier molecular flexibility index (Phi) is 3.59. The molecule has 0 amide bonds. The summed E-state index contributed by atoms with van der Waals surface area (Å²) >= 11 is 0. The fraction of sp³-hybridized carbons (Fsp3) is 0.619. The van der Waals surface area contributed by atoms with Crippen molar-refractivity contribution in [1.29, 1.82) is 0 Å². The third kappa shape index (κ3) is 2.24.